The molecule has 0 aromatic heterocycles. The zero-order valence-corrected chi connectivity index (χ0v) is 19.7. The maximum Gasteiger partial charge on any atom is 0.0892 e. The van der Waals surface area contributed by atoms with E-state index in [0.29, 0.717) is 17.9 Å². The highest BCUT2D eigenvalue weighted by Gasteiger charge is 2.56. The summed E-state index contributed by atoms with van der Waals surface area (Å²) in [5, 5.41) is 0. The zero-order chi connectivity index (χ0) is 21.5. The molecular formula is C25H42O6. The van der Waals surface area contributed by atoms with E-state index in [-0.39, 0.29) is 28.5 Å². The molecule has 5 aliphatic rings. The predicted molar refractivity (Wildman–Crippen MR) is 116 cm³/mol. The summed E-state index contributed by atoms with van der Waals surface area (Å²) in [5.41, 5.74) is 0.651. The number of hydrogen-bond acceptors (Lipinski definition) is 6. The van der Waals surface area contributed by atoms with E-state index in [1.807, 2.05) is 0 Å². The van der Waals surface area contributed by atoms with Crippen molar-refractivity contribution in [1.82, 2.24) is 0 Å². The van der Waals surface area contributed by atoms with E-state index in [1.165, 1.54) is 6.42 Å². The summed E-state index contributed by atoms with van der Waals surface area (Å²) in [7, 11) is 0. The van der Waals surface area contributed by atoms with Crippen LogP contribution in [0.15, 0.2) is 0 Å². The van der Waals surface area contributed by atoms with Gasteiger partial charge in [-0.05, 0) is 38.0 Å². The van der Waals surface area contributed by atoms with Crippen molar-refractivity contribution >= 4 is 0 Å². The van der Waals surface area contributed by atoms with Gasteiger partial charge in [-0.15, -0.1) is 0 Å². The lowest BCUT2D eigenvalue weighted by atomic mass is 9.83. The molecule has 5 unspecified atom stereocenters. The Kier molecular flexibility index (Phi) is 6.43. The van der Waals surface area contributed by atoms with Crippen LogP contribution in [0.4, 0.5) is 0 Å². The van der Waals surface area contributed by atoms with E-state index < -0.39 is 0 Å². The van der Waals surface area contributed by atoms with E-state index >= 15 is 0 Å². The Morgan fingerprint density at radius 2 is 1.06 bits per heavy atom. The fourth-order valence-electron chi connectivity index (χ4n) is 6.01. The first kappa shape index (κ1) is 22.5. The summed E-state index contributed by atoms with van der Waals surface area (Å²) < 4.78 is 36.4. The van der Waals surface area contributed by atoms with Crippen LogP contribution in [0.25, 0.3) is 0 Å². The Hall–Kier alpha value is -0.240. The van der Waals surface area contributed by atoms with E-state index in [9.17, 15) is 0 Å². The Morgan fingerprint density at radius 3 is 1.48 bits per heavy atom. The average molecular weight is 439 g/mol. The lowest BCUT2D eigenvalue weighted by molar-refractivity contribution is -0.217. The molecule has 2 saturated carbocycles. The van der Waals surface area contributed by atoms with Crippen molar-refractivity contribution in [2.24, 2.45) is 28.1 Å². The van der Waals surface area contributed by atoms with Crippen molar-refractivity contribution < 1.29 is 28.4 Å². The topological polar surface area (TPSA) is 55.4 Å². The monoisotopic (exact) mass is 438 g/mol. The number of hydrogen-bond donors (Lipinski definition) is 0. The van der Waals surface area contributed by atoms with E-state index in [4.69, 9.17) is 28.4 Å². The molecule has 3 saturated heterocycles. The molecule has 5 atom stereocenters. The van der Waals surface area contributed by atoms with E-state index in [0.717, 1.165) is 85.1 Å². The molecule has 5 fully saturated rings. The first-order valence-electron chi connectivity index (χ1n) is 12.6. The molecule has 6 nitrogen and oxygen atoms in total. The van der Waals surface area contributed by atoms with Gasteiger partial charge in [-0.2, -0.15) is 0 Å². The Morgan fingerprint density at radius 1 is 0.613 bits per heavy atom. The van der Waals surface area contributed by atoms with Crippen LogP contribution < -0.4 is 0 Å². The standard InChI is InChI=1S/C25H42O6/c1-4-23(9-26-10-23)15-29-20-8-18-7-19(20)22(31-17-25(6-3)13-28-14-25)21(18)30-16-24(5-2)11-27-12-24/h18-22H,4-17H2,1-3H3. The minimum absolute atomic E-state index is 0.137. The second kappa shape index (κ2) is 8.84. The van der Waals surface area contributed by atoms with E-state index in [1.54, 1.807) is 0 Å². The SMILES string of the molecule is CCC1(COC2CC3CC2C(OCC2(CC)COC2)C3OCC2(CC)COC2)COC1. The van der Waals surface area contributed by atoms with Crippen molar-refractivity contribution in [2.45, 2.75) is 71.2 Å². The third-order valence-electron chi connectivity index (χ3n) is 9.26. The largest absolute Gasteiger partial charge is 0.380 e. The van der Waals surface area contributed by atoms with Crippen molar-refractivity contribution in [2.75, 3.05) is 59.5 Å². The first-order chi connectivity index (χ1) is 15.1. The molecule has 2 aliphatic carbocycles. The Labute approximate surface area is 187 Å². The van der Waals surface area contributed by atoms with Gasteiger partial charge in [-0.3, -0.25) is 0 Å². The highest BCUT2D eigenvalue weighted by atomic mass is 16.6. The fourth-order valence-corrected chi connectivity index (χ4v) is 6.01. The Bertz CT molecular complexity index is 595. The van der Waals surface area contributed by atoms with Crippen LogP contribution in [0.5, 0.6) is 0 Å². The summed E-state index contributed by atoms with van der Waals surface area (Å²) in [6.07, 6.45) is 6.24. The van der Waals surface area contributed by atoms with Crippen LogP contribution in [0, 0.1) is 28.1 Å². The van der Waals surface area contributed by atoms with Gasteiger partial charge in [0.15, 0.2) is 0 Å². The third-order valence-corrected chi connectivity index (χ3v) is 9.26. The van der Waals surface area contributed by atoms with Gasteiger partial charge in [0.05, 0.1) is 77.8 Å². The summed E-state index contributed by atoms with van der Waals surface area (Å²) in [4.78, 5) is 0. The quantitative estimate of drug-likeness (QED) is 0.465. The minimum Gasteiger partial charge on any atom is -0.380 e. The number of fused-ring (bicyclic) bond motifs is 2. The van der Waals surface area contributed by atoms with Gasteiger partial charge in [0, 0.05) is 22.2 Å². The fraction of sp³-hybridized carbons (Fsp3) is 1.00. The van der Waals surface area contributed by atoms with Crippen molar-refractivity contribution in [1.29, 1.82) is 0 Å². The van der Waals surface area contributed by atoms with Gasteiger partial charge in [-0.25, -0.2) is 0 Å². The van der Waals surface area contributed by atoms with Crippen LogP contribution in [0.3, 0.4) is 0 Å². The second-order valence-corrected chi connectivity index (χ2v) is 11.3. The molecular weight excluding hydrogens is 396 g/mol. The van der Waals surface area contributed by atoms with Gasteiger partial charge >= 0.3 is 0 Å². The molecule has 0 spiro atoms. The maximum atomic E-state index is 6.69. The molecule has 6 heteroatoms. The molecule has 0 N–H and O–H groups in total. The van der Waals surface area contributed by atoms with Gasteiger partial charge in [0.2, 0.25) is 0 Å². The second-order valence-electron chi connectivity index (χ2n) is 11.3. The van der Waals surface area contributed by atoms with Crippen LogP contribution in [0.1, 0.15) is 52.9 Å². The average Bonchev–Trinajstić information content (AvgIpc) is 3.25. The number of ether oxygens (including phenoxy) is 6. The molecule has 0 aromatic rings. The molecule has 2 bridgehead atoms. The van der Waals surface area contributed by atoms with Crippen LogP contribution >= 0.6 is 0 Å². The molecule has 0 aromatic carbocycles. The molecule has 3 aliphatic heterocycles. The molecule has 31 heavy (non-hydrogen) atoms. The lowest BCUT2D eigenvalue weighted by Gasteiger charge is -2.46. The summed E-state index contributed by atoms with van der Waals surface area (Å²) in [6, 6.07) is 0. The van der Waals surface area contributed by atoms with Gasteiger partial charge in [-0.1, -0.05) is 20.8 Å². The summed E-state index contributed by atoms with van der Waals surface area (Å²) in [5.74, 6) is 0.982. The smallest absolute Gasteiger partial charge is 0.0892 e. The molecule has 5 rings (SSSR count). The van der Waals surface area contributed by atoms with Crippen LogP contribution in [-0.4, -0.2) is 77.8 Å². The van der Waals surface area contributed by atoms with Crippen molar-refractivity contribution in [3.8, 4) is 0 Å². The molecule has 0 radical (unpaired) electrons. The maximum absolute atomic E-state index is 6.69. The summed E-state index contributed by atoms with van der Waals surface area (Å²) >= 11 is 0. The van der Waals surface area contributed by atoms with Crippen molar-refractivity contribution in [3.05, 3.63) is 0 Å². The number of rotatable bonds is 12. The Balaban J connectivity index is 1.22. The van der Waals surface area contributed by atoms with Crippen molar-refractivity contribution in [3.63, 3.8) is 0 Å². The highest BCUT2D eigenvalue weighted by molar-refractivity contribution is 5.05. The summed E-state index contributed by atoms with van der Waals surface area (Å²) in [6.45, 7) is 14.1. The van der Waals surface area contributed by atoms with Gasteiger partial charge < -0.3 is 28.4 Å². The molecule has 3 heterocycles. The lowest BCUT2D eigenvalue weighted by Crippen LogP contribution is -2.52. The van der Waals surface area contributed by atoms with Crippen LogP contribution in [0.2, 0.25) is 0 Å². The van der Waals surface area contributed by atoms with E-state index in [2.05, 4.69) is 20.8 Å². The highest BCUT2D eigenvalue weighted by Crippen LogP contribution is 2.51. The van der Waals surface area contributed by atoms with Gasteiger partial charge in [0.25, 0.3) is 0 Å². The first-order valence-corrected chi connectivity index (χ1v) is 12.6. The molecule has 0 amide bonds. The van der Waals surface area contributed by atoms with Gasteiger partial charge in [0.1, 0.15) is 0 Å². The zero-order valence-electron chi connectivity index (χ0n) is 19.7. The molecule has 178 valence electrons. The van der Waals surface area contributed by atoms with Crippen LogP contribution in [-0.2, 0) is 28.4 Å². The predicted octanol–water partition coefficient (Wildman–Crippen LogP) is 3.46. The minimum atomic E-state index is 0.137. The third kappa shape index (κ3) is 4.10. The normalized spacial score (nSPS) is 39.0.